The van der Waals surface area contributed by atoms with E-state index < -0.39 is 12.0 Å². The number of aryl methyl sites for hydroxylation is 1. The number of nitrogens with zero attached hydrogens (tertiary/aromatic N) is 3. The molecule has 6 nitrogen and oxygen atoms in total. The van der Waals surface area contributed by atoms with Gasteiger partial charge in [0.2, 0.25) is 0 Å². The lowest BCUT2D eigenvalue weighted by Crippen LogP contribution is -2.06. The molecule has 1 N–H and O–H groups in total. The minimum Gasteiger partial charge on any atom is -0.449 e. The molecule has 0 aliphatic rings. The van der Waals surface area contributed by atoms with Crippen LogP contribution in [0.5, 0.6) is 5.75 Å². The molecular formula is C19H14FN3O3. The van der Waals surface area contributed by atoms with Crippen molar-refractivity contribution < 1.29 is 19.0 Å². The summed E-state index contributed by atoms with van der Waals surface area (Å²) in [6.45, 7) is 1.80. The molecule has 3 aromatic rings. The van der Waals surface area contributed by atoms with Crippen molar-refractivity contribution in [1.82, 2.24) is 9.78 Å². The number of benzene rings is 2. The first kappa shape index (κ1) is 17.2. The Kier molecular flexibility index (Phi) is 4.67. The summed E-state index contributed by atoms with van der Waals surface area (Å²) in [6, 6.07) is 14.5. The first-order valence-electron chi connectivity index (χ1n) is 7.83. The minimum absolute atomic E-state index is 0.00513. The van der Waals surface area contributed by atoms with Crippen LogP contribution >= 0.6 is 0 Å². The Morgan fingerprint density at radius 1 is 1.27 bits per heavy atom. The number of nitriles is 1. The fraction of sp³-hybridized carbons (Fsp3) is 0.105. The molecule has 26 heavy (non-hydrogen) atoms. The Balaban J connectivity index is 2.29. The van der Waals surface area contributed by atoms with E-state index in [4.69, 9.17) is 15.1 Å². The van der Waals surface area contributed by atoms with Gasteiger partial charge in [-0.25, -0.2) is 13.9 Å². The lowest BCUT2D eigenvalue weighted by atomic mass is 10.1. The SMILES string of the molecule is CCc1nn(-c2ccc(C#N)cc2)c(-c2ccccc2F)c1OC(=O)O. The van der Waals surface area contributed by atoms with Crippen molar-refractivity contribution in [1.29, 1.82) is 5.26 Å². The molecule has 0 unspecified atom stereocenters. The lowest BCUT2D eigenvalue weighted by molar-refractivity contribution is 0.144. The van der Waals surface area contributed by atoms with Crippen LogP contribution in [0.25, 0.3) is 16.9 Å². The van der Waals surface area contributed by atoms with E-state index in [1.54, 1.807) is 43.3 Å². The Bertz CT molecular complexity index is 1000. The highest BCUT2D eigenvalue weighted by Gasteiger charge is 2.25. The maximum absolute atomic E-state index is 14.4. The summed E-state index contributed by atoms with van der Waals surface area (Å²) in [5, 5.41) is 22.4. The molecule has 0 fully saturated rings. The summed E-state index contributed by atoms with van der Waals surface area (Å²) in [4.78, 5) is 11.1. The average Bonchev–Trinajstić information content (AvgIpc) is 2.99. The number of carboxylic acid groups (broad SMARTS) is 1. The zero-order valence-corrected chi connectivity index (χ0v) is 13.8. The molecule has 0 aliphatic carbocycles. The van der Waals surface area contributed by atoms with E-state index >= 15 is 0 Å². The van der Waals surface area contributed by atoms with Crippen LogP contribution in [0, 0.1) is 17.1 Å². The highest BCUT2D eigenvalue weighted by Crippen LogP contribution is 2.37. The van der Waals surface area contributed by atoms with Gasteiger partial charge in [0.1, 0.15) is 17.2 Å². The molecule has 0 spiro atoms. The molecule has 0 atom stereocenters. The van der Waals surface area contributed by atoms with Gasteiger partial charge in [-0.3, -0.25) is 0 Å². The molecule has 0 saturated carbocycles. The van der Waals surface area contributed by atoms with Gasteiger partial charge in [0.05, 0.1) is 17.3 Å². The van der Waals surface area contributed by atoms with Crippen LogP contribution in [0.4, 0.5) is 9.18 Å². The molecule has 0 bridgehead atoms. The van der Waals surface area contributed by atoms with Gasteiger partial charge in [-0.2, -0.15) is 10.4 Å². The molecule has 1 aromatic heterocycles. The summed E-state index contributed by atoms with van der Waals surface area (Å²) >= 11 is 0. The van der Waals surface area contributed by atoms with E-state index in [1.807, 2.05) is 6.07 Å². The van der Waals surface area contributed by atoms with E-state index in [0.29, 0.717) is 23.4 Å². The van der Waals surface area contributed by atoms with E-state index in [0.717, 1.165) is 0 Å². The maximum atomic E-state index is 14.4. The predicted molar refractivity (Wildman–Crippen MR) is 91.7 cm³/mol. The molecule has 0 radical (unpaired) electrons. The second kappa shape index (κ2) is 7.07. The molecule has 3 rings (SSSR count). The summed E-state index contributed by atoms with van der Waals surface area (Å²) in [6.07, 6.45) is -1.11. The van der Waals surface area contributed by atoms with Gasteiger partial charge in [0.25, 0.3) is 0 Å². The minimum atomic E-state index is -1.50. The maximum Gasteiger partial charge on any atom is 0.511 e. The Labute approximate surface area is 148 Å². The summed E-state index contributed by atoms with van der Waals surface area (Å²) in [7, 11) is 0. The number of halogens is 1. The van der Waals surface area contributed by atoms with E-state index in [9.17, 15) is 9.18 Å². The number of hydrogen-bond donors (Lipinski definition) is 1. The molecule has 0 aliphatic heterocycles. The fourth-order valence-corrected chi connectivity index (χ4v) is 2.63. The molecule has 1 heterocycles. The van der Waals surface area contributed by atoms with Gasteiger partial charge in [-0.15, -0.1) is 0 Å². The highest BCUT2D eigenvalue weighted by molar-refractivity contribution is 5.75. The van der Waals surface area contributed by atoms with Crippen molar-refractivity contribution in [2.24, 2.45) is 0 Å². The number of ether oxygens (including phenoxy) is 1. The number of aromatic nitrogens is 2. The van der Waals surface area contributed by atoms with E-state index in [2.05, 4.69) is 5.10 Å². The van der Waals surface area contributed by atoms with Crippen LogP contribution in [0.3, 0.4) is 0 Å². The highest BCUT2D eigenvalue weighted by atomic mass is 19.1. The number of carbonyl (C=O) groups is 1. The largest absolute Gasteiger partial charge is 0.511 e. The zero-order chi connectivity index (χ0) is 18.7. The van der Waals surface area contributed by atoms with Gasteiger partial charge >= 0.3 is 6.16 Å². The van der Waals surface area contributed by atoms with Crippen LogP contribution < -0.4 is 4.74 Å². The zero-order valence-electron chi connectivity index (χ0n) is 13.8. The standard InChI is InChI=1S/C19H14FN3O3/c1-2-16-18(26-19(24)25)17(14-5-3-4-6-15(14)20)23(22-16)13-9-7-12(11-21)8-10-13/h3-10H,2H2,1H3,(H,24,25). The smallest absolute Gasteiger partial charge is 0.449 e. The van der Waals surface area contributed by atoms with Crippen LogP contribution in [0.2, 0.25) is 0 Å². The normalized spacial score (nSPS) is 10.3. The van der Waals surface area contributed by atoms with Gasteiger partial charge in [0.15, 0.2) is 5.75 Å². The van der Waals surface area contributed by atoms with Gasteiger partial charge in [-0.1, -0.05) is 19.1 Å². The second-order valence-electron chi connectivity index (χ2n) is 5.40. The third-order valence-corrected chi connectivity index (χ3v) is 3.80. The number of hydrogen-bond acceptors (Lipinski definition) is 4. The molecular weight excluding hydrogens is 337 g/mol. The van der Waals surface area contributed by atoms with E-state index in [1.165, 1.54) is 16.8 Å². The van der Waals surface area contributed by atoms with Crippen molar-refractivity contribution >= 4 is 6.16 Å². The lowest BCUT2D eigenvalue weighted by Gasteiger charge is -2.10. The van der Waals surface area contributed by atoms with E-state index in [-0.39, 0.29) is 17.0 Å². The molecule has 0 amide bonds. The third kappa shape index (κ3) is 3.13. The van der Waals surface area contributed by atoms with Crippen LogP contribution in [-0.4, -0.2) is 21.0 Å². The predicted octanol–water partition coefficient (Wildman–Crippen LogP) is 4.17. The summed E-state index contributed by atoms with van der Waals surface area (Å²) in [5.41, 5.74) is 1.77. The summed E-state index contributed by atoms with van der Waals surface area (Å²) < 4.78 is 20.8. The second-order valence-corrected chi connectivity index (χ2v) is 5.40. The first-order chi connectivity index (χ1) is 12.5. The van der Waals surface area contributed by atoms with Gasteiger partial charge in [0, 0.05) is 5.56 Å². The molecule has 7 heteroatoms. The Morgan fingerprint density at radius 3 is 2.54 bits per heavy atom. The van der Waals surface area contributed by atoms with Crippen molar-refractivity contribution in [3.8, 4) is 28.8 Å². The quantitative estimate of drug-likeness (QED) is 0.713. The molecule has 130 valence electrons. The van der Waals surface area contributed by atoms with Crippen LogP contribution in [0.1, 0.15) is 18.2 Å². The third-order valence-electron chi connectivity index (χ3n) is 3.80. The van der Waals surface area contributed by atoms with Crippen molar-refractivity contribution in [2.75, 3.05) is 0 Å². The van der Waals surface area contributed by atoms with Crippen molar-refractivity contribution in [3.63, 3.8) is 0 Å². The summed E-state index contributed by atoms with van der Waals surface area (Å²) in [5.74, 6) is -0.533. The van der Waals surface area contributed by atoms with Crippen LogP contribution in [-0.2, 0) is 6.42 Å². The Morgan fingerprint density at radius 2 is 1.96 bits per heavy atom. The van der Waals surface area contributed by atoms with Crippen molar-refractivity contribution in [3.05, 3.63) is 65.6 Å². The monoisotopic (exact) mass is 351 g/mol. The fourth-order valence-electron chi connectivity index (χ4n) is 2.63. The van der Waals surface area contributed by atoms with Crippen LogP contribution in [0.15, 0.2) is 48.5 Å². The van der Waals surface area contributed by atoms with Gasteiger partial charge in [-0.05, 0) is 42.8 Å². The number of rotatable bonds is 4. The topological polar surface area (TPSA) is 88.1 Å². The Hall–Kier alpha value is -3.66. The molecule has 2 aromatic carbocycles. The van der Waals surface area contributed by atoms with Gasteiger partial charge < -0.3 is 9.84 Å². The first-order valence-corrected chi connectivity index (χ1v) is 7.83. The van der Waals surface area contributed by atoms with Crippen molar-refractivity contribution in [2.45, 2.75) is 13.3 Å². The molecule has 0 saturated heterocycles. The average molecular weight is 351 g/mol.